The van der Waals surface area contributed by atoms with Gasteiger partial charge in [0.1, 0.15) is 11.5 Å². The number of rotatable bonds is 14. The largest absolute Gasteiger partial charge is 0.497 e. The van der Waals surface area contributed by atoms with Gasteiger partial charge in [-0.1, -0.05) is 68.1 Å². The Morgan fingerprint density at radius 2 is 1.09 bits per heavy atom. The molecule has 2 aromatic heterocycles. The molecule has 10 heteroatoms. The maximum absolute atomic E-state index is 14.4. The van der Waals surface area contributed by atoms with Gasteiger partial charge in [-0.25, -0.2) is 9.97 Å². The summed E-state index contributed by atoms with van der Waals surface area (Å²) in [4.78, 5) is 26.3. The number of unbranched alkanes of at least 4 members (excludes halogenated alkanes) is 1. The minimum Gasteiger partial charge on any atom is -0.497 e. The number of hydrogen-bond acceptors (Lipinski definition) is 7. The first-order chi connectivity index (χ1) is 27.4. The zero-order chi connectivity index (χ0) is 38.9. The molecule has 1 fully saturated rings. The van der Waals surface area contributed by atoms with E-state index in [-0.39, 0.29) is 5.92 Å². The van der Waals surface area contributed by atoms with E-state index in [4.69, 9.17) is 42.6 Å². The third-order valence-electron chi connectivity index (χ3n) is 11.2. The van der Waals surface area contributed by atoms with E-state index in [1.54, 1.807) is 14.2 Å². The van der Waals surface area contributed by atoms with Crippen LogP contribution in [0.1, 0.15) is 77.0 Å². The third kappa shape index (κ3) is 9.52. The van der Waals surface area contributed by atoms with E-state index in [2.05, 4.69) is 15.5 Å². The number of carbonyl (C=O) groups excluding carboxylic acids is 1. The Hall–Kier alpha value is -4.53. The molecule has 6 aromatic rings. The minimum absolute atomic E-state index is 0.0980. The standard InChI is InChI=1S/C46H53Cl2N5O3/c1-55-34-17-21-40-38(29-34)44(36-19-15-32(47)27-42(36)51-40)49-23-10-11-25-53(46(54)31-13-8-6-4-3-5-7-9-14-31)26-12-24-50-45-37-20-16-33(48)28-43(37)52-41-22-18-35(56-2)30-39(41)45/h15-22,27-31H,3-14,23-26H2,1-2H3,(H,49,51)(H,50,52). The molecule has 0 aliphatic heterocycles. The zero-order valence-corrected chi connectivity index (χ0v) is 34.2. The third-order valence-corrected chi connectivity index (χ3v) is 11.7. The van der Waals surface area contributed by atoms with Crippen molar-refractivity contribution in [3.05, 3.63) is 82.8 Å². The van der Waals surface area contributed by atoms with Gasteiger partial charge in [-0.3, -0.25) is 4.79 Å². The molecule has 1 aliphatic rings. The summed E-state index contributed by atoms with van der Waals surface area (Å²) in [5.41, 5.74) is 5.49. The number of halogens is 2. The maximum Gasteiger partial charge on any atom is 0.225 e. The molecule has 0 unspecified atom stereocenters. The van der Waals surface area contributed by atoms with Crippen molar-refractivity contribution in [1.29, 1.82) is 0 Å². The lowest BCUT2D eigenvalue weighted by molar-refractivity contribution is -0.136. The van der Waals surface area contributed by atoms with Crippen LogP contribution in [0.3, 0.4) is 0 Å². The predicted octanol–water partition coefficient (Wildman–Crippen LogP) is 12.1. The number of nitrogens with zero attached hydrogens (tertiary/aromatic N) is 3. The van der Waals surface area contributed by atoms with Crippen LogP contribution in [0.4, 0.5) is 11.4 Å². The molecule has 294 valence electrons. The number of fused-ring (bicyclic) bond motifs is 4. The van der Waals surface area contributed by atoms with Crippen LogP contribution in [-0.2, 0) is 4.79 Å². The van der Waals surface area contributed by atoms with E-state index in [0.717, 1.165) is 125 Å². The van der Waals surface area contributed by atoms with Crippen LogP contribution in [-0.4, -0.2) is 61.2 Å². The summed E-state index contributed by atoms with van der Waals surface area (Å²) < 4.78 is 11.1. The van der Waals surface area contributed by atoms with Gasteiger partial charge in [0.25, 0.3) is 0 Å². The highest BCUT2D eigenvalue weighted by molar-refractivity contribution is 6.32. The molecular formula is C46H53Cl2N5O3. The molecule has 1 saturated carbocycles. The molecule has 2 N–H and O–H groups in total. The van der Waals surface area contributed by atoms with Crippen molar-refractivity contribution in [3.8, 4) is 11.5 Å². The lowest BCUT2D eigenvalue weighted by Crippen LogP contribution is -2.38. The van der Waals surface area contributed by atoms with Crippen molar-refractivity contribution in [3.63, 3.8) is 0 Å². The second kappa shape index (κ2) is 19.1. The van der Waals surface area contributed by atoms with Crippen LogP contribution in [0, 0.1) is 5.92 Å². The van der Waals surface area contributed by atoms with E-state index in [1.165, 1.54) is 32.1 Å². The maximum atomic E-state index is 14.4. The minimum atomic E-state index is 0.0980. The van der Waals surface area contributed by atoms with Crippen molar-refractivity contribution in [2.75, 3.05) is 51.0 Å². The molecule has 8 nitrogen and oxygen atoms in total. The van der Waals surface area contributed by atoms with Crippen LogP contribution in [0.25, 0.3) is 43.6 Å². The van der Waals surface area contributed by atoms with Crippen LogP contribution >= 0.6 is 23.2 Å². The molecule has 4 aromatic carbocycles. The van der Waals surface area contributed by atoms with Gasteiger partial charge in [0.15, 0.2) is 0 Å². The van der Waals surface area contributed by atoms with E-state index in [1.807, 2.05) is 72.8 Å². The van der Waals surface area contributed by atoms with Gasteiger partial charge in [0, 0.05) is 63.7 Å². The zero-order valence-electron chi connectivity index (χ0n) is 32.6. The molecule has 0 spiro atoms. The van der Waals surface area contributed by atoms with E-state index >= 15 is 0 Å². The lowest BCUT2D eigenvalue weighted by atomic mass is 9.91. The van der Waals surface area contributed by atoms with Gasteiger partial charge in [-0.05, 0) is 105 Å². The average molecular weight is 795 g/mol. The highest BCUT2D eigenvalue weighted by atomic mass is 35.5. The van der Waals surface area contributed by atoms with Gasteiger partial charge in [0.05, 0.1) is 47.7 Å². The Bertz CT molecular complexity index is 2290. The molecular weight excluding hydrogens is 741 g/mol. The Morgan fingerprint density at radius 1 is 0.607 bits per heavy atom. The number of benzene rings is 4. The van der Waals surface area contributed by atoms with Crippen LogP contribution in [0.5, 0.6) is 11.5 Å². The number of anilines is 2. The fourth-order valence-electron chi connectivity index (χ4n) is 8.20. The summed E-state index contributed by atoms with van der Waals surface area (Å²) in [7, 11) is 3.36. The van der Waals surface area contributed by atoms with Crippen molar-refractivity contribution < 1.29 is 14.3 Å². The summed E-state index contributed by atoms with van der Waals surface area (Å²) in [5.74, 6) is 1.99. The predicted molar refractivity (Wildman–Crippen MR) is 234 cm³/mol. The van der Waals surface area contributed by atoms with Gasteiger partial charge < -0.3 is 25.0 Å². The van der Waals surface area contributed by atoms with Crippen LogP contribution < -0.4 is 20.1 Å². The second-order valence-corrected chi connectivity index (χ2v) is 15.9. The van der Waals surface area contributed by atoms with Crippen LogP contribution in [0.15, 0.2) is 72.8 Å². The van der Waals surface area contributed by atoms with Crippen molar-refractivity contribution >= 4 is 84.1 Å². The van der Waals surface area contributed by atoms with Crippen molar-refractivity contribution in [2.45, 2.75) is 77.0 Å². The molecule has 7 rings (SSSR count). The molecule has 2 heterocycles. The van der Waals surface area contributed by atoms with Gasteiger partial charge >= 0.3 is 0 Å². The van der Waals surface area contributed by atoms with Gasteiger partial charge in [0.2, 0.25) is 5.91 Å². The summed E-state index contributed by atoms with van der Waals surface area (Å²) in [5, 5.41) is 12.8. The Morgan fingerprint density at radius 3 is 1.61 bits per heavy atom. The van der Waals surface area contributed by atoms with Gasteiger partial charge in [-0.15, -0.1) is 0 Å². The molecule has 0 saturated heterocycles. The normalized spacial score (nSPS) is 14.3. The van der Waals surface area contributed by atoms with Crippen molar-refractivity contribution in [2.24, 2.45) is 5.92 Å². The number of amides is 1. The first-order valence-electron chi connectivity index (χ1n) is 20.3. The lowest BCUT2D eigenvalue weighted by Gasteiger charge is -2.28. The van der Waals surface area contributed by atoms with Crippen LogP contribution in [0.2, 0.25) is 10.0 Å². The van der Waals surface area contributed by atoms with Gasteiger partial charge in [-0.2, -0.15) is 0 Å². The summed E-state index contributed by atoms with van der Waals surface area (Å²) in [6, 6.07) is 23.6. The summed E-state index contributed by atoms with van der Waals surface area (Å²) >= 11 is 12.8. The number of nitrogens with one attached hydrogen (secondary N) is 2. The van der Waals surface area contributed by atoms with E-state index in [9.17, 15) is 4.79 Å². The smallest absolute Gasteiger partial charge is 0.225 e. The number of ether oxygens (including phenoxy) is 2. The number of aromatic nitrogens is 2. The molecule has 1 aliphatic carbocycles. The fraction of sp³-hybridized carbons (Fsp3) is 0.413. The van der Waals surface area contributed by atoms with E-state index < -0.39 is 0 Å². The molecule has 0 bridgehead atoms. The fourth-order valence-corrected chi connectivity index (χ4v) is 8.53. The first-order valence-corrected chi connectivity index (χ1v) is 21.1. The SMILES string of the molecule is COc1ccc2nc3cc(Cl)ccc3c(NCCCCN(CCCNc3c4ccc(Cl)cc4nc4ccc(OC)cc34)C(=O)C3CCCCCCCCC3)c2c1. The topological polar surface area (TPSA) is 88.6 Å². The monoisotopic (exact) mass is 793 g/mol. The number of pyridine rings is 2. The number of carbonyl (C=O) groups is 1. The Balaban J connectivity index is 1.05. The Kier molecular flexibility index (Phi) is 13.5. The highest BCUT2D eigenvalue weighted by Gasteiger charge is 2.24. The molecule has 56 heavy (non-hydrogen) atoms. The summed E-state index contributed by atoms with van der Waals surface area (Å²) in [6.45, 7) is 2.90. The first kappa shape index (κ1) is 39.7. The number of hydrogen-bond donors (Lipinski definition) is 2. The molecule has 0 atom stereocenters. The highest BCUT2D eigenvalue weighted by Crippen LogP contribution is 2.36. The molecule has 1 amide bonds. The quantitative estimate of drug-likeness (QED) is 0.0838. The number of methoxy groups -OCH3 is 2. The second-order valence-electron chi connectivity index (χ2n) is 15.1. The van der Waals surface area contributed by atoms with Crippen molar-refractivity contribution in [1.82, 2.24) is 14.9 Å². The average Bonchev–Trinajstić information content (AvgIpc) is 3.21. The summed E-state index contributed by atoms with van der Waals surface area (Å²) in [6.07, 6.45) is 13.2. The molecule has 0 radical (unpaired) electrons. The Labute approximate surface area is 340 Å². The van der Waals surface area contributed by atoms with E-state index in [0.29, 0.717) is 29.0 Å².